The van der Waals surface area contributed by atoms with Crippen molar-refractivity contribution in [1.82, 2.24) is 21.3 Å². The average molecular weight is 246 g/mol. The highest BCUT2D eigenvalue weighted by atomic mass is 32.1. The van der Waals surface area contributed by atoms with Crippen molar-refractivity contribution in [2.45, 2.75) is 25.7 Å². The normalized spacial score (nSPS) is 10.1. The molecular formula is C11H26N4S. The summed E-state index contributed by atoms with van der Waals surface area (Å²) in [6.07, 6.45) is 4.69. The molecule has 0 radical (unpaired) electrons. The first kappa shape index (κ1) is 15.6. The lowest BCUT2D eigenvalue weighted by atomic mass is 10.3. The molecule has 0 aliphatic rings. The third-order valence-corrected chi connectivity index (χ3v) is 2.57. The zero-order valence-electron chi connectivity index (χ0n) is 10.6. The molecule has 0 amide bonds. The van der Waals surface area contributed by atoms with Gasteiger partial charge in [-0.3, -0.25) is 0 Å². The number of thiocarbonyl (C=S) groups is 1. The second-order valence-electron chi connectivity index (χ2n) is 3.80. The van der Waals surface area contributed by atoms with Crippen molar-refractivity contribution in [2.75, 3.05) is 40.3 Å². The van der Waals surface area contributed by atoms with Crippen LogP contribution in [0.1, 0.15) is 25.7 Å². The fraction of sp³-hybridized carbons (Fsp3) is 0.909. The number of hydrogen-bond donors (Lipinski definition) is 4. The Kier molecular flexibility index (Phi) is 12.4. The molecule has 4 nitrogen and oxygen atoms in total. The van der Waals surface area contributed by atoms with E-state index in [4.69, 9.17) is 12.2 Å². The lowest BCUT2D eigenvalue weighted by Gasteiger charge is -2.10. The molecule has 0 atom stereocenters. The van der Waals surface area contributed by atoms with Gasteiger partial charge in [-0.1, -0.05) is 0 Å². The standard InChI is InChI=1S/C11H26N4S/c1-12-7-3-5-9-14-11(16)15-10-6-4-8-13-2/h12-13H,3-10H2,1-2H3,(H2,14,15,16). The third kappa shape index (κ3) is 11.7. The molecule has 0 unspecified atom stereocenters. The summed E-state index contributed by atoms with van der Waals surface area (Å²) in [5.74, 6) is 0. The van der Waals surface area contributed by atoms with Crippen molar-refractivity contribution < 1.29 is 0 Å². The van der Waals surface area contributed by atoms with Crippen LogP contribution in [0.15, 0.2) is 0 Å². The van der Waals surface area contributed by atoms with E-state index in [0.717, 1.165) is 44.1 Å². The van der Waals surface area contributed by atoms with Gasteiger partial charge in [0, 0.05) is 13.1 Å². The molecule has 0 saturated heterocycles. The zero-order valence-corrected chi connectivity index (χ0v) is 11.4. The number of nitrogens with one attached hydrogen (secondary N) is 4. The highest BCUT2D eigenvalue weighted by Crippen LogP contribution is 1.85. The fourth-order valence-corrected chi connectivity index (χ4v) is 1.52. The summed E-state index contributed by atoms with van der Waals surface area (Å²) >= 11 is 5.16. The van der Waals surface area contributed by atoms with Gasteiger partial charge in [0.25, 0.3) is 0 Å². The third-order valence-electron chi connectivity index (χ3n) is 2.28. The molecular weight excluding hydrogens is 220 g/mol. The van der Waals surface area contributed by atoms with E-state index < -0.39 is 0 Å². The summed E-state index contributed by atoms with van der Waals surface area (Å²) in [4.78, 5) is 0. The molecule has 0 spiro atoms. The van der Waals surface area contributed by atoms with Crippen molar-refractivity contribution >= 4 is 17.3 Å². The zero-order chi connectivity index (χ0) is 12.1. The van der Waals surface area contributed by atoms with Crippen molar-refractivity contribution in [2.24, 2.45) is 0 Å². The van der Waals surface area contributed by atoms with Gasteiger partial charge in [0.1, 0.15) is 0 Å². The van der Waals surface area contributed by atoms with Gasteiger partial charge in [-0.15, -0.1) is 0 Å². The van der Waals surface area contributed by atoms with Gasteiger partial charge in [0.15, 0.2) is 5.11 Å². The number of rotatable bonds is 10. The summed E-state index contributed by atoms with van der Waals surface area (Å²) in [7, 11) is 3.95. The first-order chi connectivity index (χ1) is 7.81. The van der Waals surface area contributed by atoms with Crippen LogP contribution < -0.4 is 21.3 Å². The van der Waals surface area contributed by atoms with Crippen LogP contribution in [0.25, 0.3) is 0 Å². The number of unbranched alkanes of at least 4 members (excludes halogenated alkanes) is 2. The van der Waals surface area contributed by atoms with Gasteiger partial charge < -0.3 is 21.3 Å². The summed E-state index contributed by atoms with van der Waals surface area (Å²) in [5, 5.41) is 13.5. The van der Waals surface area contributed by atoms with E-state index in [1.54, 1.807) is 0 Å². The molecule has 5 heteroatoms. The van der Waals surface area contributed by atoms with Crippen LogP contribution in [0.3, 0.4) is 0 Å². The van der Waals surface area contributed by atoms with Crippen LogP contribution in [0.4, 0.5) is 0 Å². The van der Waals surface area contributed by atoms with Gasteiger partial charge in [-0.2, -0.15) is 0 Å². The van der Waals surface area contributed by atoms with Gasteiger partial charge in [-0.25, -0.2) is 0 Å². The van der Waals surface area contributed by atoms with Crippen LogP contribution in [0, 0.1) is 0 Å². The molecule has 0 bridgehead atoms. The highest BCUT2D eigenvalue weighted by Gasteiger charge is 1.94. The van der Waals surface area contributed by atoms with E-state index >= 15 is 0 Å². The van der Waals surface area contributed by atoms with Crippen molar-refractivity contribution in [3.05, 3.63) is 0 Å². The molecule has 0 fully saturated rings. The van der Waals surface area contributed by atoms with E-state index in [-0.39, 0.29) is 0 Å². The van der Waals surface area contributed by atoms with Crippen LogP contribution in [-0.2, 0) is 0 Å². The topological polar surface area (TPSA) is 48.1 Å². The highest BCUT2D eigenvalue weighted by molar-refractivity contribution is 7.80. The minimum atomic E-state index is 0.786. The second kappa shape index (κ2) is 12.7. The van der Waals surface area contributed by atoms with E-state index in [1.165, 1.54) is 12.8 Å². The van der Waals surface area contributed by atoms with Crippen molar-refractivity contribution in [1.29, 1.82) is 0 Å². The van der Waals surface area contributed by atoms with E-state index in [9.17, 15) is 0 Å². The maximum atomic E-state index is 5.16. The van der Waals surface area contributed by atoms with Crippen LogP contribution in [-0.4, -0.2) is 45.4 Å². The van der Waals surface area contributed by atoms with Crippen molar-refractivity contribution in [3.8, 4) is 0 Å². The minimum absolute atomic E-state index is 0.786. The second-order valence-corrected chi connectivity index (χ2v) is 4.21. The maximum Gasteiger partial charge on any atom is 0.166 e. The predicted octanol–water partition coefficient (Wildman–Crippen LogP) is 0.450. The Morgan fingerprint density at radius 3 is 1.50 bits per heavy atom. The molecule has 0 saturated carbocycles. The molecule has 0 aliphatic heterocycles. The van der Waals surface area contributed by atoms with Gasteiger partial charge in [0.2, 0.25) is 0 Å². The predicted molar refractivity (Wildman–Crippen MR) is 74.9 cm³/mol. The molecule has 16 heavy (non-hydrogen) atoms. The summed E-state index contributed by atoms with van der Waals surface area (Å²) < 4.78 is 0. The molecule has 4 N–H and O–H groups in total. The first-order valence-corrected chi connectivity index (χ1v) is 6.53. The Hall–Kier alpha value is -0.390. The fourth-order valence-electron chi connectivity index (χ4n) is 1.32. The van der Waals surface area contributed by atoms with Crippen LogP contribution in [0.2, 0.25) is 0 Å². The maximum absolute atomic E-state index is 5.16. The largest absolute Gasteiger partial charge is 0.363 e. The lowest BCUT2D eigenvalue weighted by Crippen LogP contribution is -2.36. The Bertz CT molecular complexity index is 148. The molecule has 0 aromatic heterocycles. The lowest BCUT2D eigenvalue weighted by molar-refractivity contribution is 0.645. The minimum Gasteiger partial charge on any atom is -0.363 e. The quantitative estimate of drug-likeness (QED) is 0.333. The SMILES string of the molecule is CNCCCCNC(=S)NCCCCNC. The van der Waals surface area contributed by atoms with Crippen LogP contribution >= 0.6 is 12.2 Å². The Morgan fingerprint density at radius 2 is 1.12 bits per heavy atom. The van der Waals surface area contributed by atoms with Gasteiger partial charge >= 0.3 is 0 Å². The van der Waals surface area contributed by atoms with E-state index in [1.807, 2.05) is 14.1 Å². The van der Waals surface area contributed by atoms with Crippen molar-refractivity contribution in [3.63, 3.8) is 0 Å². The van der Waals surface area contributed by atoms with Gasteiger partial charge in [0.05, 0.1) is 0 Å². The van der Waals surface area contributed by atoms with Gasteiger partial charge in [-0.05, 0) is 65.1 Å². The Labute approximate surface area is 105 Å². The summed E-state index contributed by atoms with van der Waals surface area (Å²) in [6.45, 7) is 4.08. The monoisotopic (exact) mass is 246 g/mol. The molecule has 0 rings (SSSR count). The molecule has 0 aromatic carbocycles. The Morgan fingerprint density at radius 1 is 0.750 bits per heavy atom. The average Bonchev–Trinajstić information content (AvgIpc) is 2.28. The smallest absolute Gasteiger partial charge is 0.166 e. The molecule has 96 valence electrons. The Balaban J connectivity index is 3.12. The van der Waals surface area contributed by atoms with Crippen LogP contribution in [0.5, 0.6) is 0 Å². The molecule has 0 aromatic rings. The number of hydrogen-bond acceptors (Lipinski definition) is 3. The van der Waals surface area contributed by atoms with E-state index in [2.05, 4.69) is 21.3 Å². The van der Waals surface area contributed by atoms with E-state index in [0.29, 0.717) is 0 Å². The first-order valence-electron chi connectivity index (χ1n) is 6.12. The summed E-state index contributed by atoms with van der Waals surface area (Å²) in [5.41, 5.74) is 0. The summed E-state index contributed by atoms with van der Waals surface area (Å²) in [6, 6.07) is 0. The molecule has 0 heterocycles. The molecule has 0 aliphatic carbocycles.